The molecule has 120 valence electrons. The smallest absolute Gasteiger partial charge is 0.312 e. The molecule has 0 aliphatic heterocycles. The van der Waals surface area contributed by atoms with Crippen molar-refractivity contribution in [1.29, 1.82) is 0 Å². The van der Waals surface area contributed by atoms with Gasteiger partial charge < -0.3 is 9.84 Å². The second-order valence-corrected chi connectivity index (χ2v) is 8.36. The van der Waals surface area contributed by atoms with E-state index < -0.39 is 11.5 Å². The topological polar surface area (TPSA) is 46.5 Å². The molecule has 0 saturated carbocycles. The molecule has 0 rings (SSSR count). The summed E-state index contributed by atoms with van der Waals surface area (Å²) >= 11 is 0. The normalized spacial score (nSPS) is 17.4. The molecule has 3 nitrogen and oxygen atoms in total. The molecule has 0 fully saturated rings. The molecule has 0 aromatic heterocycles. The van der Waals surface area contributed by atoms with Gasteiger partial charge >= 0.3 is 5.97 Å². The van der Waals surface area contributed by atoms with Crippen LogP contribution in [0.1, 0.15) is 74.7 Å². The number of aliphatic hydroxyl groups excluding tert-OH is 1. The second-order valence-electron chi connectivity index (χ2n) is 8.36. The molecule has 0 aromatic rings. The zero-order chi connectivity index (χ0) is 16.2. The molecular formula is C17H34O3. The maximum Gasteiger partial charge on any atom is 0.312 e. The van der Waals surface area contributed by atoms with Gasteiger partial charge in [0.05, 0.1) is 11.5 Å². The maximum atomic E-state index is 12.6. The van der Waals surface area contributed by atoms with Gasteiger partial charge in [0.1, 0.15) is 6.61 Å². The fraction of sp³-hybridized carbons (Fsp3) is 0.941. The lowest BCUT2D eigenvalue weighted by molar-refractivity contribution is -0.167. The van der Waals surface area contributed by atoms with Gasteiger partial charge in [-0.05, 0) is 30.6 Å². The first kappa shape index (κ1) is 19.4. The number of aliphatic hydroxyl groups is 1. The standard InChI is InChI=1S/C17H34O3/c1-9-10-13(18)11-20-14(19)17(8,16(5,6)7)12-15(2,3)4/h13,18H,9-12H2,1-8H3. The van der Waals surface area contributed by atoms with Crippen molar-refractivity contribution in [3.63, 3.8) is 0 Å². The van der Waals surface area contributed by atoms with Crippen LogP contribution >= 0.6 is 0 Å². The molecule has 0 spiro atoms. The van der Waals surface area contributed by atoms with Crippen LogP contribution < -0.4 is 0 Å². The van der Waals surface area contributed by atoms with Gasteiger partial charge in [0, 0.05) is 0 Å². The van der Waals surface area contributed by atoms with Gasteiger partial charge in [0.2, 0.25) is 0 Å². The average molecular weight is 286 g/mol. The zero-order valence-electron chi connectivity index (χ0n) is 14.7. The second kappa shape index (κ2) is 6.93. The largest absolute Gasteiger partial charge is 0.463 e. The van der Waals surface area contributed by atoms with Crippen LogP contribution in [0.5, 0.6) is 0 Å². The maximum absolute atomic E-state index is 12.6. The van der Waals surface area contributed by atoms with E-state index in [1.165, 1.54) is 0 Å². The summed E-state index contributed by atoms with van der Waals surface area (Å²) in [4.78, 5) is 12.6. The molecule has 1 N–H and O–H groups in total. The molecule has 0 heterocycles. The summed E-state index contributed by atoms with van der Waals surface area (Å²) in [6.07, 6.45) is 1.75. The number of carbonyl (C=O) groups excluding carboxylic acids is 1. The van der Waals surface area contributed by atoms with Crippen molar-refractivity contribution in [1.82, 2.24) is 0 Å². The van der Waals surface area contributed by atoms with Gasteiger partial charge in [-0.1, -0.05) is 54.9 Å². The Morgan fingerprint density at radius 3 is 1.95 bits per heavy atom. The Hall–Kier alpha value is -0.570. The lowest BCUT2D eigenvalue weighted by Crippen LogP contribution is -2.45. The highest BCUT2D eigenvalue weighted by atomic mass is 16.5. The molecule has 0 aliphatic carbocycles. The first-order valence-corrected chi connectivity index (χ1v) is 7.69. The van der Waals surface area contributed by atoms with Gasteiger partial charge in [-0.2, -0.15) is 0 Å². The lowest BCUT2D eigenvalue weighted by Gasteiger charge is -2.43. The summed E-state index contributed by atoms with van der Waals surface area (Å²) in [5.41, 5.74) is -0.701. The van der Waals surface area contributed by atoms with E-state index in [-0.39, 0.29) is 23.4 Å². The van der Waals surface area contributed by atoms with Crippen LogP contribution in [-0.2, 0) is 9.53 Å². The minimum atomic E-state index is -0.558. The SMILES string of the molecule is CCCC(O)COC(=O)C(C)(CC(C)(C)C)C(C)(C)C. The zero-order valence-corrected chi connectivity index (χ0v) is 14.7. The molecule has 0 aromatic carbocycles. The number of hydrogen-bond acceptors (Lipinski definition) is 3. The van der Waals surface area contributed by atoms with Gasteiger partial charge in [-0.25, -0.2) is 0 Å². The molecule has 0 amide bonds. The third-order valence-corrected chi connectivity index (χ3v) is 4.02. The highest BCUT2D eigenvalue weighted by Crippen LogP contribution is 2.47. The van der Waals surface area contributed by atoms with E-state index in [2.05, 4.69) is 41.5 Å². The summed E-state index contributed by atoms with van der Waals surface area (Å²) < 4.78 is 5.40. The van der Waals surface area contributed by atoms with Gasteiger partial charge in [0.15, 0.2) is 0 Å². The molecule has 0 radical (unpaired) electrons. The first-order valence-electron chi connectivity index (χ1n) is 7.69. The fourth-order valence-electron chi connectivity index (χ4n) is 2.45. The third kappa shape index (κ3) is 5.82. The molecule has 2 atom stereocenters. The molecule has 20 heavy (non-hydrogen) atoms. The van der Waals surface area contributed by atoms with Crippen LogP contribution in [0, 0.1) is 16.2 Å². The average Bonchev–Trinajstić information content (AvgIpc) is 2.22. The van der Waals surface area contributed by atoms with Crippen LogP contribution in [0.4, 0.5) is 0 Å². The van der Waals surface area contributed by atoms with E-state index in [0.29, 0.717) is 6.42 Å². The first-order chi connectivity index (χ1) is 8.83. The van der Waals surface area contributed by atoms with Crippen molar-refractivity contribution >= 4 is 5.97 Å². The van der Waals surface area contributed by atoms with E-state index in [1.54, 1.807) is 0 Å². The van der Waals surface area contributed by atoms with Crippen LogP contribution in [0.15, 0.2) is 0 Å². The van der Waals surface area contributed by atoms with E-state index in [0.717, 1.165) is 12.8 Å². The molecule has 0 aliphatic rings. The van der Waals surface area contributed by atoms with Crippen molar-refractivity contribution in [3.05, 3.63) is 0 Å². The van der Waals surface area contributed by atoms with Gasteiger partial charge in [0.25, 0.3) is 0 Å². The fourth-order valence-corrected chi connectivity index (χ4v) is 2.45. The number of rotatable bonds is 6. The molecule has 0 saturated heterocycles. The molecule has 3 heteroatoms. The van der Waals surface area contributed by atoms with Crippen LogP contribution in [-0.4, -0.2) is 23.8 Å². The lowest BCUT2D eigenvalue weighted by atomic mass is 9.61. The molecule has 2 unspecified atom stereocenters. The molecule has 0 bridgehead atoms. The van der Waals surface area contributed by atoms with E-state index in [1.807, 2.05) is 13.8 Å². The Balaban J connectivity index is 4.93. The number of esters is 1. The Bertz CT molecular complexity index is 309. The minimum Gasteiger partial charge on any atom is -0.463 e. The van der Waals surface area contributed by atoms with Crippen LogP contribution in [0.25, 0.3) is 0 Å². The monoisotopic (exact) mass is 286 g/mol. The van der Waals surface area contributed by atoms with E-state index >= 15 is 0 Å². The van der Waals surface area contributed by atoms with Crippen LogP contribution in [0.3, 0.4) is 0 Å². The number of ether oxygens (including phenoxy) is 1. The highest BCUT2D eigenvalue weighted by Gasteiger charge is 2.47. The van der Waals surface area contributed by atoms with Crippen molar-refractivity contribution < 1.29 is 14.6 Å². The van der Waals surface area contributed by atoms with Crippen molar-refractivity contribution in [2.24, 2.45) is 16.2 Å². The van der Waals surface area contributed by atoms with Crippen molar-refractivity contribution in [2.45, 2.75) is 80.8 Å². The summed E-state index contributed by atoms with van der Waals surface area (Å²) in [6.45, 7) is 16.7. The summed E-state index contributed by atoms with van der Waals surface area (Å²) in [5, 5.41) is 9.72. The Morgan fingerprint density at radius 2 is 1.60 bits per heavy atom. The van der Waals surface area contributed by atoms with E-state index in [4.69, 9.17) is 4.74 Å². The Morgan fingerprint density at radius 1 is 1.10 bits per heavy atom. The summed E-state index contributed by atoms with van der Waals surface area (Å²) in [7, 11) is 0. The quantitative estimate of drug-likeness (QED) is 0.745. The van der Waals surface area contributed by atoms with Crippen LogP contribution in [0.2, 0.25) is 0 Å². The highest BCUT2D eigenvalue weighted by molar-refractivity contribution is 5.77. The van der Waals surface area contributed by atoms with Gasteiger partial charge in [-0.3, -0.25) is 4.79 Å². The summed E-state index contributed by atoms with van der Waals surface area (Å²) in [5.74, 6) is -0.199. The predicted octanol–water partition coefficient (Wildman–Crippen LogP) is 4.18. The Kier molecular flexibility index (Phi) is 6.73. The Labute approximate surface area is 125 Å². The number of carbonyl (C=O) groups is 1. The van der Waals surface area contributed by atoms with Crippen molar-refractivity contribution in [3.8, 4) is 0 Å². The van der Waals surface area contributed by atoms with Gasteiger partial charge in [-0.15, -0.1) is 0 Å². The number of hydrogen-bond donors (Lipinski definition) is 1. The third-order valence-electron chi connectivity index (χ3n) is 4.02. The van der Waals surface area contributed by atoms with Crippen molar-refractivity contribution in [2.75, 3.05) is 6.61 Å². The predicted molar refractivity (Wildman–Crippen MR) is 83.5 cm³/mol. The summed E-state index contributed by atoms with van der Waals surface area (Å²) in [6, 6.07) is 0. The molecular weight excluding hydrogens is 252 g/mol. The minimum absolute atomic E-state index is 0.0447. The van der Waals surface area contributed by atoms with E-state index in [9.17, 15) is 9.90 Å².